The molecule has 0 radical (unpaired) electrons. The van der Waals surface area contributed by atoms with E-state index in [9.17, 15) is 5.11 Å². The van der Waals surface area contributed by atoms with E-state index < -0.39 is 6.10 Å². The summed E-state index contributed by atoms with van der Waals surface area (Å²) in [6, 6.07) is 16.3. The van der Waals surface area contributed by atoms with E-state index >= 15 is 0 Å². The van der Waals surface area contributed by atoms with Crippen LogP contribution in [0.4, 0.5) is 0 Å². The Hall–Kier alpha value is -1.84. The molecular weight excluding hydrogens is 274 g/mol. The Morgan fingerprint density at radius 3 is 2.64 bits per heavy atom. The van der Waals surface area contributed by atoms with Gasteiger partial charge in [-0.1, -0.05) is 48.0 Å². The van der Waals surface area contributed by atoms with Gasteiger partial charge < -0.3 is 15.2 Å². The van der Waals surface area contributed by atoms with Crippen molar-refractivity contribution in [2.24, 2.45) is 0 Å². The second-order valence-corrected chi connectivity index (χ2v) is 5.76. The van der Waals surface area contributed by atoms with Crippen molar-refractivity contribution in [3.63, 3.8) is 0 Å². The van der Waals surface area contributed by atoms with Crippen LogP contribution in [0.1, 0.15) is 29.7 Å². The highest BCUT2D eigenvalue weighted by molar-refractivity contribution is 5.33. The molecular formula is C19H25NO2. The summed E-state index contributed by atoms with van der Waals surface area (Å²) in [5, 5.41) is 13.7. The monoisotopic (exact) mass is 299 g/mol. The Morgan fingerprint density at radius 2 is 1.91 bits per heavy atom. The number of hydrogen-bond donors (Lipinski definition) is 2. The van der Waals surface area contributed by atoms with Crippen LogP contribution in [0.3, 0.4) is 0 Å². The van der Waals surface area contributed by atoms with Gasteiger partial charge >= 0.3 is 0 Å². The maximum Gasteiger partial charge on any atom is 0.122 e. The molecule has 3 nitrogen and oxygen atoms in total. The van der Waals surface area contributed by atoms with E-state index in [0.717, 1.165) is 17.7 Å². The lowest BCUT2D eigenvalue weighted by molar-refractivity contribution is 0.170. The quantitative estimate of drug-likeness (QED) is 0.824. The largest absolute Gasteiger partial charge is 0.496 e. The fourth-order valence-corrected chi connectivity index (χ4v) is 2.58. The summed E-state index contributed by atoms with van der Waals surface area (Å²) < 4.78 is 5.38. The van der Waals surface area contributed by atoms with Crippen LogP contribution < -0.4 is 10.1 Å². The zero-order valence-corrected chi connectivity index (χ0v) is 13.5. The molecule has 0 amide bonds. The Morgan fingerprint density at radius 1 is 1.14 bits per heavy atom. The van der Waals surface area contributed by atoms with Gasteiger partial charge in [0.1, 0.15) is 5.75 Å². The number of aliphatic hydroxyl groups is 1. The minimum Gasteiger partial charge on any atom is -0.496 e. The summed E-state index contributed by atoms with van der Waals surface area (Å²) in [5.74, 6) is 0.912. The molecule has 3 heteroatoms. The molecule has 2 aromatic carbocycles. The highest BCUT2D eigenvalue weighted by Gasteiger charge is 2.11. The Bertz CT molecular complexity index is 597. The standard InChI is InChI=1S/C19H25NO2/c1-14-7-6-9-16(11-14)18(21)13-20-15(2)12-17-8-4-5-10-19(17)22-3/h4-11,15,18,20-21H,12-13H2,1-3H3/t15?,18-/m0/s1. The van der Waals surface area contributed by atoms with Crippen LogP contribution in [0.2, 0.25) is 0 Å². The highest BCUT2D eigenvalue weighted by Crippen LogP contribution is 2.19. The van der Waals surface area contributed by atoms with Gasteiger partial charge in [-0.25, -0.2) is 0 Å². The van der Waals surface area contributed by atoms with Crippen molar-refractivity contribution in [2.75, 3.05) is 13.7 Å². The third kappa shape index (κ3) is 4.58. The number of aliphatic hydroxyl groups excluding tert-OH is 1. The number of benzene rings is 2. The van der Waals surface area contributed by atoms with E-state index in [1.807, 2.05) is 49.4 Å². The van der Waals surface area contributed by atoms with Crippen LogP contribution in [0.25, 0.3) is 0 Å². The van der Waals surface area contributed by atoms with E-state index in [1.54, 1.807) is 7.11 Å². The molecule has 0 spiro atoms. The fraction of sp³-hybridized carbons (Fsp3) is 0.368. The van der Waals surface area contributed by atoms with Crippen molar-refractivity contribution in [1.82, 2.24) is 5.32 Å². The lowest BCUT2D eigenvalue weighted by Crippen LogP contribution is -2.32. The first-order chi connectivity index (χ1) is 10.6. The molecule has 0 aliphatic carbocycles. The number of nitrogens with one attached hydrogen (secondary N) is 1. The van der Waals surface area contributed by atoms with Crippen LogP contribution in [0.5, 0.6) is 5.75 Å². The normalized spacial score (nSPS) is 13.6. The summed E-state index contributed by atoms with van der Waals surface area (Å²) in [6.45, 7) is 4.70. The first-order valence-electron chi connectivity index (χ1n) is 7.70. The molecule has 118 valence electrons. The maximum atomic E-state index is 10.3. The van der Waals surface area contributed by atoms with E-state index in [2.05, 4.69) is 18.3 Å². The van der Waals surface area contributed by atoms with E-state index in [-0.39, 0.29) is 6.04 Å². The molecule has 1 unspecified atom stereocenters. The van der Waals surface area contributed by atoms with Crippen molar-refractivity contribution in [1.29, 1.82) is 0 Å². The molecule has 0 saturated carbocycles. The average molecular weight is 299 g/mol. The average Bonchev–Trinajstić information content (AvgIpc) is 2.53. The molecule has 2 aromatic rings. The summed E-state index contributed by atoms with van der Waals surface area (Å²) >= 11 is 0. The molecule has 0 aliphatic rings. The van der Waals surface area contributed by atoms with E-state index in [4.69, 9.17) is 4.74 Å². The smallest absolute Gasteiger partial charge is 0.122 e. The summed E-state index contributed by atoms with van der Waals surface area (Å²) in [5.41, 5.74) is 3.30. The van der Waals surface area contributed by atoms with Crippen molar-refractivity contribution in [3.05, 3.63) is 65.2 Å². The van der Waals surface area contributed by atoms with Gasteiger partial charge in [0.25, 0.3) is 0 Å². The number of methoxy groups -OCH3 is 1. The zero-order chi connectivity index (χ0) is 15.9. The molecule has 22 heavy (non-hydrogen) atoms. The maximum absolute atomic E-state index is 10.3. The first kappa shape index (κ1) is 16.5. The SMILES string of the molecule is COc1ccccc1CC(C)NC[C@H](O)c1cccc(C)c1. The van der Waals surface area contributed by atoms with Gasteiger partial charge in [-0.05, 0) is 37.5 Å². The predicted molar refractivity (Wildman–Crippen MR) is 90.3 cm³/mol. The van der Waals surface area contributed by atoms with E-state index in [1.165, 1.54) is 11.1 Å². The number of para-hydroxylation sites is 1. The number of aryl methyl sites for hydroxylation is 1. The lowest BCUT2D eigenvalue weighted by Gasteiger charge is -2.19. The van der Waals surface area contributed by atoms with Gasteiger partial charge in [-0.3, -0.25) is 0 Å². The third-order valence-corrected chi connectivity index (χ3v) is 3.81. The Labute approximate surface area is 133 Å². The second kappa shape index (κ2) is 7.97. The molecule has 0 fully saturated rings. The van der Waals surface area contributed by atoms with Crippen LogP contribution in [-0.4, -0.2) is 24.8 Å². The van der Waals surface area contributed by atoms with Crippen molar-refractivity contribution in [2.45, 2.75) is 32.4 Å². The molecule has 2 rings (SSSR count). The predicted octanol–water partition coefficient (Wildman–Crippen LogP) is 3.26. The molecule has 0 aliphatic heterocycles. The zero-order valence-electron chi connectivity index (χ0n) is 13.5. The van der Waals surface area contributed by atoms with Gasteiger partial charge in [0.05, 0.1) is 13.2 Å². The van der Waals surface area contributed by atoms with E-state index in [0.29, 0.717) is 6.54 Å². The number of hydrogen-bond acceptors (Lipinski definition) is 3. The second-order valence-electron chi connectivity index (χ2n) is 5.76. The van der Waals surface area contributed by atoms with Crippen LogP contribution >= 0.6 is 0 Å². The molecule has 2 N–H and O–H groups in total. The van der Waals surface area contributed by atoms with Crippen LogP contribution in [-0.2, 0) is 6.42 Å². The van der Waals surface area contributed by atoms with Crippen molar-refractivity contribution >= 4 is 0 Å². The van der Waals surface area contributed by atoms with Gasteiger partial charge in [0.2, 0.25) is 0 Å². The molecule has 0 aromatic heterocycles. The lowest BCUT2D eigenvalue weighted by atomic mass is 10.0. The molecule has 0 heterocycles. The Balaban J connectivity index is 1.88. The van der Waals surface area contributed by atoms with Crippen molar-refractivity contribution < 1.29 is 9.84 Å². The highest BCUT2D eigenvalue weighted by atomic mass is 16.5. The molecule has 0 bridgehead atoms. The van der Waals surface area contributed by atoms with Gasteiger partial charge in [0.15, 0.2) is 0 Å². The third-order valence-electron chi connectivity index (χ3n) is 3.81. The minimum atomic E-state index is -0.486. The fourth-order valence-electron chi connectivity index (χ4n) is 2.58. The summed E-state index contributed by atoms with van der Waals surface area (Å²) in [4.78, 5) is 0. The van der Waals surface area contributed by atoms with Gasteiger partial charge in [0, 0.05) is 12.6 Å². The first-order valence-corrected chi connectivity index (χ1v) is 7.70. The van der Waals surface area contributed by atoms with Crippen LogP contribution in [0, 0.1) is 6.92 Å². The van der Waals surface area contributed by atoms with Gasteiger partial charge in [-0.15, -0.1) is 0 Å². The summed E-state index contributed by atoms with van der Waals surface area (Å²) in [7, 11) is 1.69. The number of rotatable bonds is 7. The minimum absolute atomic E-state index is 0.260. The molecule has 0 saturated heterocycles. The van der Waals surface area contributed by atoms with Gasteiger partial charge in [-0.2, -0.15) is 0 Å². The number of ether oxygens (including phenoxy) is 1. The Kier molecular flexibility index (Phi) is 5.99. The molecule has 2 atom stereocenters. The van der Waals surface area contributed by atoms with Crippen molar-refractivity contribution in [3.8, 4) is 5.75 Å². The van der Waals surface area contributed by atoms with Crippen LogP contribution in [0.15, 0.2) is 48.5 Å². The topological polar surface area (TPSA) is 41.5 Å². The summed E-state index contributed by atoms with van der Waals surface area (Å²) in [6.07, 6.45) is 0.380.